The lowest BCUT2D eigenvalue weighted by atomic mass is 10.3. The summed E-state index contributed by atoms with van der Waals surface area (Å²) in [5, 5.41) is 16.3. The molecule has 0 aromatic carbocycles. The maximum absolute atomic E-state index is 8.15. The number of allylic oxidation sites excluding steroid dienone is 2. The molecular weight excluding hydrogens is 114 g/mol. The molecule has 0 N–H and O–H groups in total. The molecule has 0 bridgehead atoms. The molecule has 0 atom stereocenters. The highest BCUT2D eigenvalue weighted by molar-refractivity contribution is 5.41. The lowest BCUT2D eigenvalue weighted by Crippen LogP contribution is -1.74. The maximum Gasteiger partial charge on any atom is 0.190 e. The van der Waals surface area contributed by atoms with Crippen LogP contribution in [0.3, 0.4) is 0 Å². The molecule has 0 unspecified atom stereocenters. The van der Waals surface area contributed by atoms with E-state index < -0.39 is 0 Å². The first-order valence-electron chi connectivity index (χ1n) is 2.14. The van der Waals surface area contributed by atoms with Gasteiger partial charge in [-0.15, -0.1) is 0 Å². The van der Waals surface area contributed by atoms with E-state index in [9.17, 15) is 0 Å². The lowest BCUT2D eigenvalue weighted by Gasteiger charge is -1.79. The van der Waals surface area contributed by atoms with Crippen molar-refractivity contribution in [2.24, 2.45) is 0 Å². The standard InChI is InChI=1S/C6H3N3/c1-5(9-2)6(3-7)4-8/h1H3. The van der Waals surface area contributed by atoms with Crippen molar-refractivity contribution in [2.75, 3.05) is 0 Å². The minimum Gasteiger partial charge on any atom is -0.241 e. The predicted molar refractivity (Wildman–Crippen MR) is 30.5 cm³/mol. The Kier molecular flexibility index (Phi) is 2.60. The van der Waals surface area contributed by atoms with E-state index >= 15 is 0 Å². The van der Waals surface area contributed by atoms with Crippen LogP contribution < -0.4 is 0 Å². The summed E-state index contributed by atoms with van der Waals surface area (Å²) in [4.78, 5) is 2.92. The summed E-state index contributed by atoms with van der Waals surface area (Å²) in [6.07, 6.45) is 0. The quantitative estimate of drug-likeness (QED) is 0.354. The van der Waals surface area contributed by atoms with E-state index in [1.54, 1.807) is 12.1 Å². The SMILES string of the molecule is [C-]#[N+]C(C)=C(C#N)C#N. The summed E-state index contributed by atoms with van der Waals surface area (Å²) < 4.78 is 0. The van der Waals surface area contributed by atoms with Gasteiger partial charge in [0.05, 0.1) is 18.7 Å². The van der Waals surface area contributed by atoms with Crippen molar-refractivity contribution < 1.29 is 0 Å². The van der Waals surface area contributed by atoms with Crippen molar-refractivity contribution in [3.05, 3.63) is 22.7 Å². The number of nitrogens with zero attached hydrogens (tertiary/aromatic N) is 3. The van der Waals surface area contributed by atoms with E-state index in [1.165, 1.54) is 6.92 Å². The van der Waals surface area contributed by atoms with Crippen LogP contribution in [-0.4, -0.2) is 0 Å². The second kappa shape index (κ2) is 3.24. The fourth-order valence-electron chi connectivity index (χ4n) is 0.243. The number of hydrogen-bond acceptors (Lipinski definition) is 2. The predicted octanol–water partition coefficient (Wildman–Crippen LogP) is 1.23. The molecule has 42 valence electrons. The Labute approximate surface area is 53.3 Å². The zero-order chi connectivity index (χ0) is 7.28. The molecule has 0 rings (SSSR count). The molecule has 0 aliphatic carbocycles. The molecule has 0 amide bonds. The van der Waals surface area contributed by atoms with E-state index in [0.717, 1.165) is 0 Å². The molecule has 0 spiro atoms. The third kappa shape index (κ3) is 1.63. The molecule has 0 saturated heterocycles. The van der Waals surface area contributed by atoms with Crippen LogP contribution in [0.15, 0.2) is 11.3 Å². The molecule has 0 aliphatic heterocycles. The van der Waals surface area contributed by atoms with E-state index in [-0.39, 0.29) is 11.3 Å². The largest absolute Gasteiger partial charge is 0.241 e. The molecule has 0 saturated carbocycles. The molecule has 0 heterocycles. The van der Waals surface area contributed by atoms with Crippen LogP contribution in [0, 0.1) is 29.2 Å². The molecule has 0 fully saturated rings. The van der Waals surface area contributed by atoms with Gasteiger partial charge in [-0.3, -0.25) is 0 Å². The average molecular weight is 117 g/mol. The van der Waals surface area contributed by atoms with Gasteiger partial charge < -0.3 is 0 Å². The maximum atomic E-state index is 8.15. The van der Waals surface area contributed by atoms with Crippen LogP contribution in [0.2, 0.25) is 0 Å². The van der Waals surface area contributed by atoms with Gasteiger partial charge in [-0.2, -0.15) is 10.5 Å². The van der Waals surface area contributed by atoms with Crippen molar-refractivity contribution in [1.82, 2.24) is 0 Å². The zero-order valence-corrected chi connectivity index (χ0v) is 4.84. The average Bonchev–Trinajstić information content (AvgIpc) is 1.90. The normalized spacial score (nSPS) is 6.00. The molecule has 9 heavy (non-hydrogen) atoms. The van der Waals surface area contributed by atoms with Crippen LogP contribution in [0.25, 0.3) is 4.85 Å². The Bertz CT molecular complexity index is 237. The van der Waals surface area contributed by atoms with Crippen LogP contribution in [0.5, 0.6) is 0 Å². The number of rotatable bonds is 0. The van der Waals surface area contributed by atoms with Crippen molar-refractivity contribution in [3.63, 3.8) is 0 Å². The molecule has 0 aromatic rings. The van der Waals surface area contributed by atoms with Crippen LogP contribution >= 0.6 is 0 Å². The van der Waals surface area contributed by atoms with Gasteiger partial charge in [0.2, 0.25) is 0 Å². The Morgan fingerprint density at radius 1 is 1.44 bits per heavy atom. The van der Waals surface area contributed by atoms with Crippen LogP contribution in [-0.2, 0) is 0 Å². The first-order chi connectivity index (χ1) is 4.26. The second-order valence-corrected chi connectivity index (χ2v) is 1.30. The monoisotopic (exact) mass is 117 g/mol. The number of nitriles is 2. The topological polar surface area (TPSA) is 51.9 Å². The number of hydrogen-bond donors (Lipinski definition) is 0. The molecule has 0 aliphatic rings. The van der Waals surface area contributed by atoms with Gasteiger partial charge in [0.15, 0.2) is 5.70 Å². The van der Waals surface area contributed by atoms with Crippen molar-refractivity contribution in [3.8, 4) is 12.1 Å². The Morgan fingerprint density at radius 2 is 1.89 bits per heavy atom. The molecule has 0 radical (unpaired) electrons. The van der Waals surface area contributed by atoms with Crippen LogP contribution in [0.4, 0.5) is 0 Å². The van der Waals surface area contributed by atoms with Crippen molar-refractivity contribution >= 4 is 0 Å². The fraction of sp³-hybridized carbons (Fsp3) is 0.167. The molecule has 0 aromatic heterocycles. The Balaban J connectivity index is 4.78. The van der Waals surface area contributed by atoms with E-state index in [0.29, 0.717) is 0 Å². The first-order valence-corrected chi connectivity index (χ1v) is 2.14. The molecule has 3 heteroatoms. The summed E-state index contributed by atoms with van der Waals surface area (Å²) in [7, 11) is 0. The fourth-order valence-corrected chi connectivity index (χ4v) is 0.243. The smallest absolute Gasteiger partial charge is 0.190 e. The van der Waals surface area contributed by atoms with Crippen molar-refractivity contribution in [2.45, 2.75) is 6.92 Å². The van der Waals surface area contributed by atoms with Gasteiger partial charge in [-0.25, -0.2) is 4.85 Å². The summed E-state index contributed by atoms with van der Waals surface area (Å²) in [6, 6.07) is 3.21. The van der Waals surface area contributed by atoms with Gasteiger partial charge in [0.1, 0.15) is 5.57 Å². The van der Waals surface area contributed by atoms with Gasteiger partial charge >= 0.3 is 0 Å². The molecular formula is C6H3N3. The third-order valence-corrected chi connectivity index (χ3v) is 0.753. The Hall–Kier alpha value is -1.79. The second-order valence-electron chi connectivity index (χ2n) is 1.30. The first kappa shape index (κ1) is 7.21. The summed E-state index contributed by atoms with van der Waals surface area (Å²) in [6.45, 7) is 7.85. The lowest BCUT2D eigenvalue weighted by molar-refractivity contribution is 1.40. The minimum atomic E-state index is -0.106. The van der Waals surface area contributed by atoms with Gasteiger partial charge in [0, 0.05) is 0 Å². The highest BCUT2D eigenvalue weighted by atomic mass is 14.6. The van der Waals surface area contributed by atoms with Crippen molar-refractivity contribution in [1.29, 1.82) is 10.5 Å². The Morgan fingerprint density at radius 3 is 2.00 bits per heavy atom. The highest BCUT2D eigenvalue weighted by Gasteiger charge is 1.96. The van der Waals surface area contributed by atoms with E-state index in [4.69, 9.17) is 17.1 Å². The van der Waals surface area contributed by atoms with Gasteiger partial charge in [0.25, 0.3) is 0 Å². The molecule has 3 nitrogen and oxygen atoms in total. The minimum absolute atomic E-state index is 0.106. The van der Waals surface area contributed by atoms with E-state index in [1.807, 2.05) is 0 Å². The highest BCUT2D eigenvalue weighted by Crippen LogP contribution is 2.01. The third-order valence-electron chi connectivity index (χ3n) is 0.753. The summed E-state index contributed by atoms with van der Waals surface area (Å²) in [5.74, 6) is 0. The van der Waals surface area contributed by atoms with Gasteiger partial charge in [-0.1, -0.05) is 0 Å². The van der Waals surface area contributed by atoms with Gasteiger partial charge in [-0.05, 0) is 6.92 Å². The summed E-state index contributed by atoms with van der Waals surface area (Å²) >= 11 is 0. The van der Waals surface area contributed by atoms with Crippen LogP contribution in [0.1, 0.15) is 6.92 Å². The zero-order valence-electron chi connectivity index (χ0n) is 4.84. The summed E-state index contributed by atoms with van der Waals surface area (Å²) in [5.41, 5.74) is 0.0463. The van der Waals surface area contributed by atoms with E-state index in [2.05, 4.69) is 4.85 Å².